The highest BCUT2D eigenvalue weighted by atomic mass is 32.1. The van der Waals surface area contributed by atoms with Crippen molar-refractivity contribution in [2.45, 2.75) is 112 Å². The first kappa shape index (κ1) is 50.6. The fourth-order valence-corrected chi connectivity index (χ4v) is 7.22. The number of carbonyl (C=O) groups is 1. The second kappa shape index (κ2) is 23.2. The van der Waals surface area contributed by atoms with E-state index >= 15 is 0 Å². The predicted octanol–water partition coefficient (Wildman–Crippen LogP) is 10.8. The summed E-state index contributed by atoms with van der Waals surface area (Å²) in [5.41, 5.74) is 7.48. The minimum absolute atomic E-state index is 0. The lowest BCUT2D eigenvalue weighted by Gasteiger charge is -2.32. The Bertz CT molecular complexity index is 1520. The zero-order chi connectivity index (χ0) is 35.0. The number of esters is 1. The molecule has 0 fully saturated rings. The van der Waals surface area contributed by atoms with E-state index in [1.165, 1.54) is 11.1 Å². The summed E-state index contributed by atoms with van der Waals surface area (Å²) in [5, 5.41) is 42.5. The largest absolute Gasteiger partial charge is 0.507 e. The van der Waals surface area contributed by atoms with Gasteiger partial charge in [-0.2, -0.15) is 54.0 Å². The first-order valence-corrected chi connectivity index (χ1v) is 17.2. The second-order valence-electron chi connectivity index (χ2n) is 13.5. The summed E-state index contributed by atoms with van der Waals surface area (Å²) in [6, 6.07) is 5.20. The lowest BCUT2D eigenvalue weighted by molar-refractivity contribution is 0.0521. The Morgan fingerprint density at radius 1 is 0.725 bits per heavy atom. The van der Waals surface area contributed by atoms with Gasteiger partial charge in [0.05, 0.1) is 6.61 Å². The molecule has 51 heavy (non-hydrogen) atoms. The van der Waals surface area contributed by atoms with E-state index in [0.717, 1.165) is 61.7 Å². The molecule has 4 N–H and O–H groups in total. The van der Waals surface area contributed by atoms with Crippen LogP contribution in [0.2, 0.25) is 0 Å². The van der Waals surface area contributed by atoms with Crippen molar-refractivity contribution in [3.8, 4) is 23.0 Å². The molecule has 10 heteroatoms. The molecule has 2 aromatic carbocycles. The van der Waals surface area contributed by atoms with Gasteiger partial charge in [0.1, 0.15) is 28.6 Å². The van der Waals surface area contributed by atoms with E-state index in [4.69, 9.17) is 4.74 Å². The van der Waals surface area contributed by atoms with E-state index in [9.17, 15) is 25.2 Å². The smallest absolute Gasteiger partial charge is 0.342 e. The predicted molar refractivity (Wildman–Crippen MR) is 233 cm³/mol. The Hall–Kier alpha value is -2.53. The lowest BCUT2D eigenvalue weighted by atomic mass is 9.73. The van der Waals surface area contributed by atoms with Crippen LogP contribution in [0.4, 0.5) is 0 Å². The first-order valence-electron chi connectivity index (χ1n) is 17.2. The zero-order valence-corrected chi connectivity index (χ0v) is 35.6. The van der Waals surface area contributed by atoms with Gasteiger partial charge < -0.3 is 25.2 Å². The number of phenolic OH excluding ortho intramolecular Hbond substituents is 4. The second-order valence-corrected chi connectivity index (χ2v) is 13.5. The van der Waals surface area contributed by atoms with Gasteiger partial charge in [-0.15, -0.1) is 0 Å². The van der Waals surface area contributed by atoms with Gasteiger partial charge in [0.25, 0.3) is 0 Å². The first-order chi connectivity index (χ1) is 22.2. The number of rotatable bonds is 10. The van der Waals surface area contributed by atoms with E-state index in [1.807, 2.05) is 27.7 Å². The normalized spacial score (nSPS) is 19.1. The summed E-state index contributed by atoms with van der Waals surface area (Å²) >= 11 is 0. The minimum Gasteiger partial charge on any atom is -0.507 e. The van der Waals surface area contributed by atoms with E-state index in [1.54, 1.807) is 25.1 Å². The summed E-state index contributed by atoms with van der Waals surface area (Å²) < 4.78 is 5.16. The Morgan fingerprint density at radius 2 is 1.16 bits per heavy atom. The molecular weight excluding hydrogens is 717 g/mol. The van der Waals surface area contributed by atoms with Gasteiger partial charge in [0.15, 0.2) is 0 Å². The van der Waals surface area contributed by atoms with E-state index in [2.05, 4.69) is 39.2 Å². The Morgan fingerprint density at radius 3 is 1.57 bits per heavy atom. The lowest BCUT2D eigenvalue weighted by Crippen LogP contribution is -2.18. The highest BCUT2D eigenvalue weighted by Gasteiger charge is 2.33. The highest BCUT2D eigenvalue weighted by molar-refractivity contribution is 7.59. The SMILES string of the molecule is C=C(C)[C@H]1CCC(C)=C[C@@H]1c1c(O)cc(CCC)c(C(=O)OCC)c1O.C=C(C)[C@H]1CCC(C)=C[C@@H]1c1c(O)cc(CCC)cc1O.S.S.S.S. The van der Waals surface area contributed by atoms with Crippen LogP contribution in [0.15, 0.2) is 65.8 Å². The number of aryl methyl sites for hydroxylation is 2. The van der Waals surface area contributed by atoms with E-state index in [0.29, 0.717) is 23.1 Å². The molecule has 0 aromatic heterocycles. The number of hydrogen-bond acceptors (Lipinski definition) is 6. The minimum atomic E-state index is -0.543. The summed E-state index contributed by atoms with van der Waals surface area (Å²) in [6.07, 6.45) is 11.5. The topological polar surface area (TPSA) is 107 Å². The molecule has 0 amide bonds. The van der Waals surface area contributed by atoms with Crippen molar-refractivity contribution in [2.24, 2.45) is 11.8 Å². The van der Waals surface area contributed by atoms with Crippen molar-refractivity contribution in [2.75, 3.05) is 6.61 Å². The third-order valence-corrected chi connectivity index (χ3v) is 9.56. The quantitative estimate of drug-likeness (QED) is 0.141. The van der Waals surface area contributed by atoms with Crippen molar-refractivity contribution >= 4 is 60.0 Å². The fourth-order valence-electron chi connectivity index (χ4n) is 7.22. The molecule has 4 rings (SSSR count). The van der Waals surface area contributed by atoms with Crippen LogP contribution in [0.1, 0.15) is 131 Å². The molecule has 0 heterocycles. The maximum absolute atomic E-state index is 12.5. The van der Waals surface area contributed by atoms with Crippen molar-refractivity contribution < 1.29 is 30.0 Å². The van der Waals surface area contributed by atoms with Crippen LogP contribution < -0.4 is 0 Å². The average Bonchev–Trinajstić information content (AvgIpc) is 2.97. The van der Waals surface area contributed by atoms with Crippen LogP contribution in [0, 0.1) is 11.8 Å². The average molecular weight is 781 g/mol. The fraction of sp³-hybridized carbons (Fsp3) is 0.488. The molecule has 2 aromatic rings. The molecule has 0 radical (unpaired) electrons. The van der Waals surface area contributed by atoms with E-state index in [-0.39, 0.29) is 113 Å². The van der Waals surface area contributed by atoms with Gasteiger partial charge in [0.2, 0.25) is 0 Å². The van der Waals surface area contributed by atoms with Gasteiger partial charge in [-0.25, -0.2) is 4.79 Å². The van der Waals surface area contributed by atoms with Gasteiger partial charge in [-0.05, 0) is 114 Å². The number of aromatic hydroxyl groups is 4. The van der Waals surface area contributed by atoms with Crippen LogP contribution in [0.25, 0.3) is 0 Å². The summed E-state index contributed by atoms with van der Waals surface area (Å²) in [7, 11) is 0. The Labute approximate surface area is 335 Å². The summed E-state index contributed by atoms with van der Waals surface area (Å²) in [4.78, 5) is 12.5. The molecule has 2 aliphatic carbocycles. The third-order valence-electron chi connectivity index (χ3n) is 9.56. The number of hydrogen-bond donors (Lipinski definition) is 4. The van der Waals surface area contributed by atoms with Crippen LogP contribution in [0.3, 0.4) is 0 Å². The molecule has 6 nitrogen and oxygen atoms in total. The summed E-state index contributed by atoms with van der Waals surface area (Å²) in [6.45, 7) is 22.4. The molecular formula is C41H64O6S4. The van der Waals surface area contributed by atoms with Gasteiger partial charge >= 0.3 is 5.97 Å². The van der Waals surface area contributed by atoms with Crippen LogP contribution >= 0.6 is 54.0 Å². The highest BCUT2D eigenvalue weighted by Crippen LogP contribution is 2.49. The molecule has 0 unspecified atom stereocenters. The molecule has 2 aliphatic rings. The number of phenols is 4. The Balaban J connectivity index is 0. The number of ether oxygens (including phenoxy) is 1. The van der Waals surface area contributed by atoms with Gasteiger partial charge in [0, 0.05) is 23.0 Å². The van der Waals surface area contributed by atoms with Crippen molar-refractivity contribution in [3.63, 3.8) is 0 Å². The van der Waals surface area contributed by atoms with E-state index < -0.39 is 5.97 Å². The molecule has 0 saturated carbocycles. The monoisotopic (exact) mass is 780 g/mol. The Kier molecular flexibility index (Phi) is 23.0. The molecule has 0 spiro atoms. The standard InChI is InChI=1S/C22H30O4.C19H26O2.4H2S/c1-6-8-15-12-18(23)20(21(24)19(15)22(25)26-7-2)17-11-14(5)9-10-16(17)13(3)4;1-5-6-14-10-17(20)19(18(21)11-14)16-9-13(4)7-8-15(16)12(2)3;;;;/h11-12,16-17,23-24H,3,6-10H2,1-2,4-5H3;9-11,15-16,20-21H,2,5-8H2,1,3-4H3;4*1H2/t16-,17+;15-,16+;;;;/m11..../s1. The molecule has 0 aliphatic heterocycles. The van der Waals surface area contributed by atoms with Crippen LogP contribution in [0.5, 0.6) is 23.0 Å². The third kappa shape index (κ3) is 12.5. The summed E-state index contributed by atoms with van der Waals surface area (Å²) in [5.74, 6) is -0.0446. The molecule has 288 valence electrons. The van der Waals surface area contributed by atoms with Crippen molar-refractivity contribution in [3.05, 3.63) is 93.6 Å². The maximum Gasteiger partial charge on any atom is 0.342 e. The van der Waals surface area contributed by atoms with Gasteiger partial charge in [-0.1, -0.05) is 74.3 Å². The number of allylic oxidation sites excluding steroid dienone is 6. The van der Waals surface area contributed by atoms with Crippen molar-refractivity contribution in [1.82, 2.24) is 0 Å². The molecule has 4 atom stereocenters. The zero-order valence-electron chi connectivity index (χ0n) is 31.6. The maximum atomic E-state index is 12.5. The number of carbonyl (C=O) groups excluding carboxylic acids is 1. The molecule has 0 saturated heterocycles. The van der Waals surface area contributed by atoms with Crippen LogP contribution in [-0.4, -0.2) is 33.0 Å². The van der Waals surface area contributed by atoms with Gasteiger partial charge in [-0.3, -0.25) is 0 Å². The molecule has 0 bridgehead atoms. The number of benzene rings is 2. The van der Waals surface area contributed by atoms with Crippen LogP contribution in [-0.2, 0) is 17.6 Å². The van der Waals surface area contributed by atoms with Crippen molar-refractivity contribution in [1.29, 1.82) is 0 Å².